The molecule has 3 aromatic rings. The smallest absolute Gasteiger partial charge is 0.254 e. The van der Waals surface area contributed by atoms with E-state index in [1.165, 1.54) is 0 Å². The number of ether oxygens (including phenoxy) is 1. The standard InChI is InChI=1S/C15H9BrCl2N2O2/c16-10-6-4-9(5-7-10)15-20-19-13(22-15)8-21-12-3-1-2-11(17)14(12)18/h1-7H,8H2. The number of nitrogens with zero attached hydrogens (tertiary/aromatic N) is 2. The van der Waals surface area contributed by atoms with Gasteiger partial charge in [0.25, 0.3) is 5.89 Å². The molecule has 0 spiro atoms. The van der Waals surface area contributed by atoms with Crippen LogP contribution in [-0.2, 0) is 6.61 Å². The molecular weight excluding hydrogens is 391 g/mol. The van der Waals surface area contributed by atoms with E-state index in [2.05, 4.69) is 26.1 Å². The van der Waals surface area contributed by atoms with E-state index in [1.54, 1.807) is 18.2 Å². The Morgan fingerprint density at radius 3 is 2.59 bits per heavy atom. The molecule has 22 heavy (non-hydrogen) atoms. The number of halogens is 3. The van der Waals surface area contributed by atoms with Gasteiger partial charge in [0.05, 0.1) is 5.02 Å². The molecule has 0 aliphatic carbocycles. The maximum Gasteiger partial charge on any atom is 0.254 e. The Kier molecular flexibility index (Phi) is 4.66. The van der Waals surface area contributed by atoms with Crippen LogP contribution in [0, 0.1) is 0 Å². The lowest BCUT2D eigenvalue weighted by Crippen LogP contribution is -1.96. The predicted molar refractivity (Wildman–Crippen MR) is 88.2 cm³/mol. The van der Waals surface area contributed by atoms with Crippen LogP contribution in [0.5, 0.6) is 5.75 Å². The molecule has 4 nitrogen and oxygen atoms in total. The zero-order valence-electron chi connectivity index (χ0n) is 11.1. The highest BCUT2D eigenvalue weighted by molar-refractivity contribution is 9.10. The van der Waals surface area contributed by atoms with Crippen molar-refractivity contribution in [3.63, 3.8) is 0 Å². The number of benzene rings is 2. The molecule has 3 rings (SSSR count). The molecule has 112 valence electrons. The minimum Gasteiger partial charge on any atom is -0.482 e. The van der Waals surface area contributed by atoms with E-state index in [-0.39, 0.29) is 6.61 Å². The summed E-state index contributed by atoms with van der Waals surface area (Å²) in [4.78, 5) is 0. The lowest BCUT2D eigenvalue weighted by molar-refractivity contribution is 0.264. The molecule has 7 heteroatoms. The number of rotatable bonds is 4. The van der Waals surface area contributed by atoms with Crippen molar-refractivity contribution >= 4 is 39.1 Å². The average molecular weight is 400 g/mol. The molecule has 0 fully saturated rings. The molecule has 0 aliphatic rings. The summed E-state index contributed by atoms with van der Waals surface area (Å²) in [7, 11) is 0. The zero-order chi connectivity index (χ0) is 15.5. The summed E-state index contributed by atoms with van der Waals surface area (Å²) >= 11 is 15.3. The van der Waals surface area contributed by atoms with Crippen LogP contribution in [0.3, 0.4) is 0 Å². The summed E-state index contributed by atoms with van der Waals surface area (Å²) in [5.74, 6) is 1.26. The highest BCUT2D eigenvalue weighted by atomic mass is 79.9. The number of hydrogen-bond acceptors (Lipinski definition) is 4. The fourth-order valence-electron chi connectivity index (χ4n) is 1.76. The highest BCUT2D eigenvalue weighted by Gasteiger charge is 2.11. The third kappa shape index (κ3) is 3.43. The van der Waals surface area contributed by atoms with Gasteiger partial charge in [-0.2, -0.15) is 0 Å². The molecule has 1 aromatic heterocycles. The van der Waals surface area contributed by atoms with Crippen LogP contribution in [0.15, 0.2) is 51.4 Å². The Bertz CT molecular complexity index is 790. The summed E-state index contributed by atoms with van der Waals surface area (Å²) in [6, 6.07) is 12.7. The third-order valence-corrected chi connectivity index (χ3v) is 4.16. The van der Waals surface area contributed by atoms with Gasteiger partial charge in [0.15, 0.2) is 6.61 Å². The van der Waals surface area contributed by atoms with Crippen LogP contribution >= 0.6 is 39.1 Å². The van der Waals surface area contributed by atoms with E-state index in [9.17, 15) is 0 Å². The zero-order valence-corrected chi connectivity index (χ0v) is 14.2. The second-order valence-electron chi connectivity index (χ2n) is 4.35. The Morgan fingerprint density at radius 2 is 1.82 bits per heavy atom. The van der Waals surface area contributed by atoms with E-state index in [1.807, 2.05) is 24.3 Å². The second-order valence-corrected chi connectivity index (χ2v) is 6.05. The van der Waals surface area contributed by atoms with Gasteiger partial charge < -0.3 is 9.15 Å². The average Bonchev–Trinajstić information content (AvgIpc) is 2.98. The fraction of sp³-hybridized carbons (Fsp3) is 0.0667. The molecule has 2 aromatic carbocycles. The van der Waals surface area contributed by atoms with Crippen molar-refractivity contribution in [2.45, 2.75) is 6.61 Å². The maximum absolute atomic E-state index is 6.05. The molecule has 0 radical (unpaired) electrons. The Hall–Kier alpha value is -1.56. The van der Waals surface area contributed by atoms with Crippen LogP contribution in [0.4, 0.5) is 0 Å². The first-order chi connectivity index (χ1) is 10.6. The maximum atomic E-state index is 6.05. The molecule has 0 aliphatic heterocycles. The Labute approximate surface area is 145 Å². The van der Waals surface area contributed by atoms with Gasteiger partial charge in [-0.15, -0.1) is 10.2 Å². The van der Waals surface area contributed by atoms with Gasteiger partial charge in [0.2, 0.25) is 5.89 Å². The van der Waals surface area contributed by atoms with Crippen molar-refractivity contribution in [3.05, 3.63) is 62.9 Å². The molecule has 0 saturated carbocycles. The quantitative estimate of drug-likeness (QED) is 0.590. The molecular formula is C15H9BrCl2N2O2. The highest BCUT2D eigenvalue weighted by Crippen LogP contribution is 2.32. The normalized spacial score (nSPS) is 10.7. The lowest BCUT2D eigenvalue weighted by atomic mass is 10.2. The summed E-state index contributed by atoms with van der Waals surface area (Å²) in [5.41, 5.74) is 0.836. The minimum absolute atomic E-state index is 0.115. The van der Waals surface area contributed by atoms with E-state index in [0.717, 1.165) is 10.0 Å². The fourth-order valence-corrected chi connectivity index (χ4v) is 2.37. The minimum atomic E-state index is 0.115. The first-order valence-electron chi connectivity index (χ1n) is 6.28. The van der Waals surface area contributed by atoms with E-state index < -0.39 is 0 Å². The van der Waals surface area contributed by atoms with Crippen molar-refractivity contribution in [1.29, 1.82) is 0 Å². The van der Waals surface area contributed by atoms with Gasteiger partial charge in [0, 0.05) is 10.0 Å². The predicted octanol–water partition coefficient (Wildman–Crippen LogP) is 5.38. The molecule has 0 amide bonds. The number of aromatic nitrogens is 2. The van der Waals surface area contributed by atoms with Crippen LogP contribution < -0.4 is 4.74 Å². The molecule has 0 saturated heterocycles. The second kappa shape index (κ2) is 6.69. The molecule has 0 atom stereocenters. The van der Waals surface area contributed by atoms with E-state index in [4.69, 9.17) is 32.4 Å². The van der Waals surface area contributed by atoms with E-state index >= 15 is 0 Å². The van der Waals surface area contributed by atoms with Crippen LogP contribution in [-0.4, -0.2) is 10.2 Å². The van der Waals surface area contributed by atoms with Gasteiger partial charge in [-0.05, 0) is 36.4 Å². The lowest BCUT2D eigenvalue weighted by Gasteiger charge is -2.06. The van der Waals surface area contributed by atoms with Crippen molar-refractivity contribution in [2.24, 2.45) is 0 Å². The van der Waals surface area contributed by atoms with Crippen LogP contribution in [0.2, 0.25) is 10.0 Å². The summed E-state index contributed by atoms with van der Waals surface area (Å²) in [6.07, 6.45) is 0. The Balaban J connectivity index is 1.72. The first-order valence-corrected chi connectivity index (χ1v) is 7.83. The largest absolute Gasteiger partial charge is 0.482 e. The summed E-state index contributed by atoms with van der Waals surface area (Å²) < 4.78 is 12.1. The van der Waals surface area contributed by atoms with Gasteiger partial charge >= 0.3 is 0 Å². The topological polar surface area (TPSA) is 48.2 Å². The van der Waals surface area contributed by atoms with Gasteiger partial charge in [-0.3, -0.25) is 0 Å². The van der Waals surface area contributed by atoms with Gasteiger partial charge in [-0.1, -0.05) is 45.2 Å². The van der Waals surface area contributed by atoms with Crippen LogP contribution in [0.25, 0.3) is 11.5 Å². The number of hydrogen-bond donors (Lipinski definition) is 0. The molecule has 1 heterocycles. The van der Waals surface area contributed by atoms with Gasteiger partial charge in [-0.25, -0.2) is 0 Å². The third-order valence-electron chi connectivity index (χ3n) is 2.83. The first kappa shape index (κ1) is 15.3. The SMILES string of the molecule is Clc1cccc(OCc2nnc(-c3ccc(Br)cc3)o2)c1Cl. The van der Waals surface area contributed by atoms with Crippen molar-refractivity contribution in [2.75, 3.05) is 0 Å². The summed E-state index contributed by atoms with van der Waals surface area (Å²) in [6.45, 7) is 0.115. The van der Waals surface area contributed by atoms with Crippen molar-refractivity contribution in [1.82, 2.24) is 10.2 Å². The van der Waals surface area contributed by atoms with Crippen molar-refractivity contribution < 1.29 is 9.15 Å². The molecule has 0 N–H and O–H groups in total. The van der Waals surface area contributed by atoms with Gasteiger partial charge in [0.1, 0.15) is 10.8 Å². The molecule has 0 bridgehead atoms. The van der Waals surface area contributed by atoms with E-state index in [0.29, 0.717) is 27.6 Å². The summed E-state index contributed by atoms with van der Waals surface area (Å²) in [5, 5.41) is 8.74. The van der Waals surface area contributed by atoms with Crippen molar-refractivity contribution in [3.8, 4) is 17.2 Å². The monoisotopic (exact) mass is 398 g/mol. The molecule has 0 unspecified atom stereocenters. The Morgan fingerprint density at radius 1 is 1.05 bits per heavy atom. The van der Waals surface area contributed by atoms with Crippen LogP contribution in [0.1, 0.15) is 5.89 Å².